The van der Waals surface area contributed by atoms with E-state index in [4.69, 9.17) is 5.11 Å². The molecule has 3 nitrogen and oxygen atoms in total. The standard InChI is InChI=1S/C8H15NO2/c10-8(11)6-9-5-4-7-2-1-3-7/h7,9H,1-6H2,(H,10,11). The molecule has 0 unspecified atom stereocenters. The number of rotatable bonds is 5. The van der Waals surface area contributed by atoms with Crippen LogP contribution in [0.25, 0.3) is 0 Å². The first-order valence-corrected chi connectivity index (χ1v) is 4.21. The maximum Gasteiger partial charge on any atom is 0.317 e. The van der Waals surface area contributed by atoms with E-state index in [1.165, 1.54) is 19.3 Å². The van der Waals surface area contributed by atoms with Crippen molar-refractivity contribution in [2.24, 2.45) is 5.92 Å². The summed E-state index contributed by atoms with van der Waals surface area (Å²) in [6.45, 7) is 0.962. The molecule has 0 aliphatic heterocycles. The van der Waals surface area contributed by atoms with Gasteiger partial charge in [-0.05, 0) is 18.9 Å². The van der Waals surface area contributed by atoms with Crippen LogP contribution in [-0.2, 0) is 4.79 Å². The van der Waals surface area contributed by atoms with Gasteiger partial charge in [0.15, 0.2) is 0 Å². The lowest BCUT2D eigenvalue weighted by atomic mass is 9.83. The highest BCUT2D eigenvalue weighted by molar-refractivity contribution is 5.68. The number of hydrogen-bond acceptors (Lipinski definition) is 2. The average Bonchev–Trinajstić information content (AvgIpc) is 1.82. The molecule has 11 heavy (non-hydrogen) atoms. The molecule has 1 rings (SSSR count). The molecule has 0 saturated heterocycles. The predicted molar refractivity (Wildman–Crippen MR) is 42.5 cm³/mol. The van der Waals surface area contributed by atoms with E-state index < -0.39 is 5.97 Å². The van der Waals surface area contributed by atoms with Gasteiger partial charge in [0.25, 0.3) is 0 Å². The van der Waals surface area contributed by atoms with Gasteiger partial charge in [0.05, 0.1) is 6.54 Å². The van der Waals surface area contributed by atoms with Crippen molar-refractivity contribution in [3.05, 3.63) is 0 Å². The molecule has 0 heterocycles. The lowest BCUT2D eigenvalue weighted by Gasteiger charge is -2.24. The summed E-state index contributed by atoms with van der Waals surface area (Å²) in [6.07, 6.45) is 5.19. The van der Waals surface area contributed by atoms with Crippen molar-refractivity contribution in [2.75, 3.05) is 13.1 Å². The normalized spacial score (nSPS) is 17.8. The van der Waals surface area contributed by atoms with Gasteiger partial charge in [-0.2, -0.15) is 0 Å². The van der Waals surface area contributed by atoms with Gasteiger partial charge in [0, 0.05) is 0 Å². The molecule has 0 aromatic rings. The Hall–Kier alpha value is -0.570. The number of carboxylic acids is 1. The highest BCUT2D eigenvalue weighted by Gasteiger charge is 2.16. The molecule has 0 atom stereocenters. The molecule has 1 saturated carbocycles. The summed E-state index contributed by atoms with van der Waals surface area (Å²) in [4.78, 5) is 10.1. The Bertz CT molecular complexity index is 132. The maximum absolute atomic E-state index is 10.1. The van der Waals surface area contributed by atoms with Gasteiger partial charge in [-0.3, -0.25) is 4.79 Å². The average molecular weight is 157 g/mol. The fraction of sp³-hybridized carbons (Fsp3) is 0.875. The number of carboxylic acid groups (broad SMARTS) is 1. The van der Waals surface area contributed by atoms with Crippen molar-refractivity contribution in [1.29, 1.82) is 0 Å². The van der Waals surface area contributed by atoms with Crippen molar-refractivity contribution >= 4 is 5.97 Å². The molecule has 1 aliphatic carbocycles. The van der Waals surface area contributed by atoms with Crippen LogP contribution in [0, 0.1) is 5.92 Å². The Morgan fingerprint density at radius 1 is 1.55 bits per heavy atom. The van der Waals surface area contributed by atoms with Crippen molar-refractivity contribution in [3.63, 3.8) is 0 Å². The summed E-state index contributed by atoms with van der Waals surface area (Å²) in [6, 6.07) is 0. The first kappa shape index (κ1) is 8.53. The molecule has 1 aliphatic rings. The zero-order valence-electron chi connectivity index (χ0n) is 6.68. The number of hydrogen-bond donors (Lipinski definition) is 2. The lowest BCUT2D eigenvalue weighted by Crippen LogP contribution is -2.26. The molecule has 1 fully saturated rings. The molecule has 0 aromatic carbocycles. The number of nitrogens with one attached hydrogen (secondary N) is 1. The lowest BCUT2D eigenvalue weighted by molar-refractivity contribution is -0.135. The first-order chi connectivity index (χ1) is 5.29. The van der Waals surface area contributed by atoms with Crippen LogP contribution < -0.4 is 5.32 Å². The van der Waals surface area contributed by atoms with Crippen LogP contribution >= 0.6 is 0 Å². The third kappa shape index (κ3) is 3.37. The van der Waals surface area contributed by atoms with Gasteiger partial charge in [-0.25, -0.2) is 0 Å². The molecular weight excluding hydrogens is 142 g/mol. The van der Waals surface area contributed by atoms with Crippen molar-refractivity contribution in [1.82, 2.24) is 5.32 Å². The SMILES string of the molecule is O=C(O)CNCCC1CCC1. The van der Waals surface area contributed by atoms with E-state index in [0.29, 0.717) is 0 Å². The van der Waals surface area contributed by atoms with Crippen LogP contribution in [0.3, 0.4) is 0 Å². The minimum absolute atomic E-state index is 0.104. The van der Waals surface area contributed by atoms with E-state index in [-0.39, 0.29) is 6.54 Å². The zero-order valence-corrected chi connectivity index (χ0v) is 6.68. The molecule has 3 heteroatoms. The molecule has 64 valence electrons. The van der Waals surface area contributed by atoms with Crippen LogP contribution in [-0.4, -0.2) is 24.2 Å². The Morgan fingerprint density at radius 3 is 2.73 bits per heavy atom. The second-order valence-electron chi connectivity index (χ2n) is 3.16. The fourth-order valence-corrected chi connectivity index (χ4v) is 1.28. The first-order valence-electron chi connectivity index (χ1n) is 4.21. The second-order valence-corrected chi connectivity index (χ2v) is 3.16. The van der Waals surface area contributed by atoms with Gasteiger partial charge in [0.1, 0.15) is 0 Å². The van der Waals surface area contributed by atoms with Gasteiger partial charge in [0.2, 0.25) is 0 Å². The van der Waals surface area contributed by atoms with Crippen molar-refractivity contribution in [2.45, 2.75) is 25.7 Å². The zero-order chi connectivity index (χ0) is 8.10. The maximum atomic E-state index is 10.1. The minimum Gasteiger partial charge on any atom is -0.480 e. The van der Waals surface area contributed by atoms with Crippen LogP contribution in [0.4, 0.5) is 0 Å². The van der Waals surface area contributed by atoms with E-state index in [1.807, 2.05) is 0 Å². The van der Waals surface area contributed by atoms with Gasteiger partial charge >= 0.3 is 5.97 Å². The van der Waals surface area contributed by atoms with E-state index >= 15 is 0 Å². The van der Waals surface area contributed by atoms with E-state index in [1.54, 1.807) is 0 Å². The molecule has 2 N–H and O–H groups in total. The Kier molecular flexibility index (Phi) is 3.36. The van der Waals surface area contributed by atoms with E-state index in [2.05, 4.69) is 5.32 Å². The quantitative estimate of drug-likeness (QED) is 0.582. The summed E-state index contributed by atoms with van der Waals surface area (Å²) in [7, 11) is 0. The smallest absolute Gasteiger partial charge is 0.317 e. The van der Waals surface area contributed by atoms with Crippen LogP contribution in [0.15, 0.2) is 0 Å². The van der Waals surface area contributed by atoms with Crippen molar-refractivity contribution < 1.29 is 9.90 Å². The Morgan fingerprint density at radius 2 is 2.27 bits per heavy atom. The summed E-state index contributed by atoms with van der Waals surface area (Å²) in [5.41, 5.74) is 0. The van der Waals surface area contributed by atoms with Gasteiger partial charge in [-0.15, -0.1) is 0 Å². The predicted octanol–water partition coefficient (Wildman–Crippen LogP) is 0.851. The highest BCUT2D eigenvalue weighted by Crippen LogP contribution is 2.28. The second kappa shape index (κ2) is 4.34. The molecule has 0 aromatic heterocycles. The van der Waals surface area contributed by atoms with E-state index in [9.17, 15) is 4.79 Å². The summed E-state index contributed by atoms with van der Waals surface area (Å²) in [5, 5.41) is 11.2. The fourth-order valence-electron chi connectivity index (χ4n) is 1.28. The minimum atomic E-state index is -0.765. The van der Waals surface area contributed by atoms with Gasteiger partial charge in [-0.1, -0.05) is 19.3 Å². The third-order valence-corrected chi connectivity index (χ3v) is 2.23. The summed E-state index contributed by atoms with van der Waals surface area (Å²) < 4.78 is 0. The summed E-state index contributed by atoms with van der Waals surface area (Å²) >= 11 is 0. The molecule has 0 spiro atoms. The molecule has 0 bridgehead atoms. The largest absolute Gasteiger partial charge is 0.480 e. The third-order valence-electron chi connectivity index (χ3n) is 2.23. The number of carbonyl (C=O) groups is 1. The van der Waals surface area contributed by atoms with Crippen LogP contribution in [0.1, 0.15) is 25.7 Å². The monoisotopic (exact) mass is 157 g/mol. The highest BCUT2D eigenvalue weighted by atomic mass is 16.4. The van der Waals surface area contributed by atoms with Crippen molar-refractivity contribution in [3.8, 4) is 0 Å². The molecule has 0 amide bonds. The van der Waals surface area contributed by atoms with Gasteiger partial charge < -0.3 is 10.4 Å². The van der Waals surface area contributed by atoms with Crippen LogP contribution in [0.2, 0.25) is 0 Å². The topological polar surface area (TPSA) is 49.3 Å². The molecule has 0 radical (unpaired) electrons. The molecular formula is C8H15NO2. The Labute approximate surface area is 66.8 Å². The Balaban J connectivity index is 1.83. The summed E-state index contributed by atoms with van der Waals surface area (Å²) in [5.74, 6) is 0.106. The number of aliphatic carboxylic acids is 1. The van der Waals surface area contributed by atoms with E-state index in [0.717, 1.165) is 18.9 Å². The van der Waals surface area contributed by atoms with Crippen LogP contribution in [0.5, 0.6) is 0 Å².